The first-order chi connectivity index (χ1) is 10.8. The summed E-state index contributed by atoms with van der Waals surface area (Å²) in [4.78, 5) is 10.7. The molecule has 124 valence electrons. The fourth-order valence-electron chi connectivity index (χ4n) is 2.21. The van der Waals surface area contributed by atoms with Gasteiger partial charge in [0.1, 0.15) is 16.4 Å². The lowest BCUT2D eigenvalue weighted by Gasteiger charge is -2.07. The fourth-order valence-corrected chi connectivity index (χ4v) is 3.46. The summed E-state index contributed by atoms with van der Waals surface area (Å²) in [6, 6.07) is 8.67. The van der Waals surface area contributed by atoms with Gasteiger partial charge < -0.3 is 9.52 Å². The Kier molecular flexibility index (Phi) is 5.23. The number of hydrogen-bond donors (Lipinski definition) is 2. The molecule has 0 saturated heterocycles. The molecule has 2 rings (SSSR count). The van der Waals surface area contributed by atoms with E-state index in [1.54, 1.807) is 38.1 Å². The molecule has 0 spiro atoms. The van der Waals surface area contributed by atoms with Crippen molar-refractivity contribution in [2.75, 3.05) is 0 Å². The van der Waals surface area contributed by atoms with E-state index in [9.17, 15) is 13.2 Å². The second kappa shape index (κ2) is 6.97. The van der Waals surface area contributed by atoms with Crippen LogP contribution in [0.25, 0.3) is 0 Å². The third-order valence-electron chi connectivity index (χ3n) is 3.40. The molecule has 0 unspecified atom stereocenters. The summed E-state index contributed by atoms with van der Waals surface area (Å²) in [5.41, 5.74) is 1.70. The Morgan fingerprint density at radius 2 is 1.78 bits per heavy atom. The van der Waals surface area contributed by atoms with Gasteiger partial charge in [0.2, 0.25) is 10.0 Å². The highest BCUT2D eigenvalue weighted by molar-refractivity contribution is 7.89. The van der Waals surface area contributed by atoms with E-state index >= 15 is 0 Å². The van der Waals surface area contributed by atoms with E-state index in [1.807, 2.05) is 0 Å². The number of rotatable bonds is 7. The highest BCUT2D eigenvalue weighted by Gasteiger charge is 2.20. The van der Waals surface area contributed by atoms with Crippen molar-refractivity contribution in [3.8, 4) is 0 Å². The third kappa shape index (κ3) is 4.67. The molecule has 1 heterocycles. The van der Waals surface area contributed by atoms with Gasteiger partial charge in [-0.3, -0.25) is 4.79 Å². The smallest absolute Gasteiger partial charge is 0.303 e. The molecule has 0 saturated carbocycles. The predicted molar refractivity (Wildman–Crippen MR) is 84.6 cm³/mol. The summed E-state index contributed by atoms with van der Waals surface area (Å²) >= 11 is 0. The lowest BCUT2D eigenvalue weighted by atomic mass is 10.1. The van der Waals surface area contributed by atoms with Crippen molar-refractivity contribution in [3.63, 3.8) is 0 Å². The van der Waals surface area contributed by atoms with Crippen molar-refractivity contribution in [3.05, 3.63) is 53.0 Å². The molecule has 7 heteroatoms. The zero-order valence-electron chi connectivity index (χ0n) is 13.0. The molecule has 1 aromatic carbocycles. The standard InChI is InChI=1S/C16H19NO5S/c1-11-9-15(12(2)22-11)23(20,21)17-10-14-5-3-13(4-6-14)7-8-16(18)19/h3-6,9,17H,7-8,10H2,1-2H3,(H,18,19). The van der Waals surface area contributed by atoms with Crippen molar-refractivity contribution in [1.29, 1.82) is 0 Å². The second-order valence-electron chi connectivity index (χ2n) is 5.31. The average Bonchev–Trinajstić information content (AvgIpc) is 2.84. The highest BCUT2D eigenvalue weighted by atomic mass is 32.2. The van der Waals surface area contributed by atoms with Crippen molar-refractivity contribution in [1.82, 2.24) is 4.72 Å². The molecule has 0 amide bonds. The molecule has 2 aromatic rings. The maximum absolute atomic E-state index is 12.2. The quantitative estimate of drug-likeness (QED) is 0.808. The monoisotopic (exact) mass is 337 g/mol. The molecule has 0 bridgehead atoms. The van der Waals surface area contributed by atoms with Crippen LogP contribution in [0.15, 0.2) is 39.6 Å². The maximum atomic E-state index is 12.2. The summed E-state index contributed by atoms with van der Waals surface area (Å²) < 4.78 is 32.3. The number of carboxylic acids is 1. The average molecular weight is 337 g/mol. The summed E-state index contributed by atoms with van der Waals surface area (Å²) in [5.74, 6) is 0.0669. The van der Waals surface area contributed by atoms with Crippen LogP contribution in [0.1, 0.15) is 29.1 Å². The van der Waals surface area contributed by atoms with Gasteiger partial charge in [-0.15, -0.1) is 0 Å². The number of carbonyl (C=O) groups is 1. The van der Waals surface area contributed by atoms with Gasteiger partial charge in [-0.1, -0.05) is 24.3 Å². The first kappa shape index (κ1) is 17.2. The van der Waals surface area contributed by atoms with E-state index < -0.39 is 16.0 Å². The van der Waals surface area contributed by atoms with Crippen LogP contribution in [-0.4, -0.2) is 19.5 Å². The molecule has 23 heavy (non-hydrogen) atoms. The molecular formula is C16H19NO5S. The predicted octanol–water partition coefficient (Wildman–Crippen LogP) is 2.39. The summed E-state index contributed by atoms with van der Waals surface area (Å²) in [6.07, 6.45) is 0.528. The van der Waals surface area contributed by atoms with Crippen LogP contribution in [0, 0.1) is 13.8 Å². The molecule has 0 atom stereocenters. The zero-order chi connectivity index (χ0) is 17.0. The number of furan rings is 1. The zero-order valence-corrected chi connectivity index (χ0v) is 13.8. The fraction of sp³-hybridized carbons (Fsp3) is 0.312. The minimum atomic E-state index is -3.62. The van der Waals surface area contributed by atoms with Crippen molar-refractivity contribution >= 4 is 16.0 Å². The van der Waals surface area contributed by atoms with E-state index in [1.165, 1.54) is 6.07 Å². The van der Waals surface area contributed by atoms with Crippen molar-refractivity contribution < 1.29 is 22.7 Å². The summed E-state index contributed by atoms with van der Waals surface area (Å²) in [6.45, 7) is 3.46. The Bertz CT molecular complexity index is 790. The van der Waals surface area contributed by atoms with Gasteiger partial charge in [0.05, 0.1) is 0 Å². The van der Waals surface area contributed by atoms with Gasteiger partial charge in [-0.05, 0) is 37.5 Å². The molecule has 0 aliphatic carbocycles. The molecule has 0 radical (unpaired) electrons. The van der Waals surface area contributed by atoms with E-state index in [2.05, 4.69) is 4.72 Å². The minimum Gasteiger partial charge on any atom is -0.481 e. The van der Waals surface area contributed by atoms with E-state index in [4.69, 9.17) is 9.52 Å². The molecule has 0 fully saturated rings. The number of aliphatic carboxylic acids is 1. The number of carboxylic acid groups (broad SMARTS) is 1. The van der Waals surface area contributed by atoms with Gasteiger partial charge in [-0.25, -0.2) is 13.1 Å². The molecule has 1 aromatic heterocycles. The topological polar surface area (TPSA) is 96.6 Å². The van der Waals surface area contributed by atoms with E-state index in [0.29, 0.717) is 17.9 Å². The Labute approximate surface area is 135 Å². The van der Waals surface area contributed by atoms with E-state index in [-0.39, 0.29) is 17.9 Å². The molecule has 0 aliphatic rings. The van der Waals surface area contributed by atoms with Crippen molar-refractivity contribution in [2.45, 2.75) is 38.1 Å². The Balaban J connectivity index is 2.00. The van der Waals surface area contributed by atoms with Crippen LogP contribution in [0.3, 0.4) is 0 Å². The van der Waals surface area contributed by atoms with Crippen LogP contribution in [-0.2, 0) is 27.8 Å². The third-order valence-corrected chi connectivity index (χ3v) is 4.91. The van der Waals surface area contributed by atoms with Gasteiger partial charge in [0.15, 0.2) is 0 Å². The molecule has 2 N–H and O–H groups in total. The molecule has 6 nitrogen and oxygen atoms in total. The number of nitrogens with one attached hydrogen (secondary N) is 1. The Morgan fingerprint density at radius 1 is 1.17 bits per heavy atom. The SMILES string of the molecule is Cc1cc(S(=O)(=O)NCc2ccc(CCC(=O)O)cc2)c(C)o1. The Hall–Kier alpha value is -2.12. The van der Waals surface area contributed by atoms with E-state index in [0.717, 1.165) is 11.1 Å². The van der Waals surface area contributed by atoms with Crippen molar-refractivity contribution in [2.24, 2.45) is 0 Å². The molecule has 0 aliphatic heterocycles. The minimum absolute atomic E-state index is 0.0745. The van der Waals surface area contributed by atoms with Crippen LogP contribution in [0.5, 0.6) is 0 Å². The lowest BCUT2D eigenvalue weighted by molar-refractivity contribution is -0.136. The van der Waals surface area contributed by atoms with Crippen LogP contribution in [0.4, 0.5) is 0 Å². The first-order valence-corrected chi connectivity index (χ1v) is 8.62. The van der Waals surface area contributed by atoms with Gasteiger partial charge in [0, 0.05) is 13.0 Å². The number of hydrogen-bond acceptors (Lipinski definition) is 4. The largest absolute Gasteiger partial charge is 0.481 e. The highest BCUT2D eigenvalue weighted by Crippen LogP contribution is 2.19. The summed E-state index contributed by atoms with van der Waals surface area (Å²) in [5, 5.41) is 8.65. The summed E-state index contributed by atoms with van der Waals surface area (Å²) in [7, 11) is -3.62. The molecular weight excluding hydrogens is 318 g/mol. The maximum Gasteiger partial charge on any atom is 0.303 e. The second-order valence-corrected chi connectivity index (χ2v) is 7.05. The number of benzene rings is 1. The van der Waals surface area contributed by atoms with Gasteiger partial charge in [0.25, 0.3) is 0 Å². The van der Waals surface area contributed by atoms with Crippen LogP contribution in [0.2, 0.25) is 0 Å². The number of sulfonamides is 1. The normalized spacial score (nSPS) is 11.6. The first-order valence-electron chi connectivity index (χ1n) is 7.14. The Morgan fingerprint density at radius 3 is 2.30 bits per heavy atom. The number of aryl methyl sites for hydroxylation is 3. The van der Waals surface area contributed by atoms with Gasteiger partial charge >= 0.3 is 5.97 Å². The van der Waals surface area contributed by atoms with Crippen LogP contribution < -0.4 is 4.72 Å². The van der Waals surface area contributed by atoms with Crippen LogP contribution >= 0.6 is 0 Å². The lowest BCUT2D eigenvalue weighted by Crippen LogP contribution is -2.23. The van der Waals surface area contributed by atoms with Gasteiger partial charge in [-0.2, -0.15) is 0 Å².